The highest BCUT2D eigenvalue weighted by molar-refractivity contribution is 7.89. The maximum Gasteiger partial charge on any atom is 0.243 e. The first-order valence-electron chi connectivity index (χ1n) is 11.6. The molecule has 0 spiro atoms. The number of piperidine rings is 1. The molecule has 2 atom stereocenters. The van der Waals surface area contributed by atoms with Crippen LogP contribution in [0, 0.1) is 5.92 Å². The van der Waals surface area contributed by atoms with Crippen LogP contribution in [-0.2, 0) is 19.6 Å². The van der Waals surface area contributed by atoms with Crippen LogP contribution < -0.4 is 15.4 Å². The molecule has 1 aromatic rings. The molecular weight excluding hydrogens is 430 g/mol. The number of carbonyl (C=O) groups excluding carboxylic acids is 2. The molecule has 1 aliphatic heterocycles. The molecule has 1 saturated carbocycles. The van der Waals surface area contributed by atoms with Gasteiger partial charge in [0.1, 0.15) is 11.8 Å². The molecule has 1 aliphatic carbocycles. The number of ether oxygens (including phenoxy) is 1. The van der Waals surface area contributed by atoms with Crippen LogP contribution >= 0.6 is 0 Å². The van der Waals surface area contributed by atoms with Gasteiger partial charge in [-0.15, -0.1) is 0 Å². The molecule has 178 valence electrons. The summed E-state index contributed by atoms with van der Waals surface area (Å²) in [5.41, 5.74) is 0. The Balaban J connectivity index is 1.56. The summed E-state index contributed by atoms with van der Waals surface area (Å²) in [4.78, 5) is 25.6. The number of methoxy groups -OCH3 is 1. The Labute approximate surface area is 191 Å². The van der Waals surface area contributed by atoms with E-state index in [2.05, 4.69) is 10.6 Å². The third kappa shape index (κ3) is 6.22. The highest BCUT2D eigenvalue weighted by atomic mass is 32.2. The van der Waals surface area contributed by atoms with Crippen LogP contribution in [0.15, 0.2) is 29.2 Å². The molecule has 32 heavy (non-hydrogen) atoms. The number of amides is 2. The van der Waals surface area contributed by atoms with E-state index in [4.69, 9.17) is 4.74 Å². The van der Waals surface area contributed by atoms with Crippen molar-refractivity contribution < 1.29 is 22.7 Å². The fraction of sp³-hybridized carbons (Fsp3) is 0.652. The standard InChI is InChI=1S/C23H35N3O5S/c1-17(22(27)25-19-9-5-3-4-6-10-19)24-23(28)18-8-7-15-26(16-18)32(29,30)21-13-11-20(31-2)12-14-21/h11-14,17-19H,3-10,15-16H2,1-2H3,(H,24,28)(H,25,27)/t17-,18+/m1/s1. The lowest BCUT2D eigenvalue weighted by atomic mass is 9.98. The monoisotopic (exact) mass is 465 g/mol. The van der Waals surface area contributed by atoms with E-state index in [9.17, 15) is 18.0 Å². The van der Waals surface area contributed by atoms with Crippen LogP contribution in [0.25, 0.3) is 0 Å². The van der Waals surface area contributed by atoms with Gasteiger partial charge in [0.25, 0.3) is 0 Å². The third-order valence-corrected chi connectivity index (χ3v) is 8.29. The van der Waals surface area contributed by atoms with Gasteiger partial charge in [-0.25, -0.2) is 8.42 Å². The van der Waals surface area contributed by atoms with E-state index >= 15 is 0 Å². The van der Waals surface area contributed by atoms with Crippen LogP contribution in [-0.4, -0.2) is 56.8 Å². The number of rotatable bonds is 7. The van der Waals surface area contributed by atoms with Gasteiger partial charge in [0.2, 0.25) is 21.8 Å². The lowest BCUT2D eigenvalue weighted by Gasteiger charge is -2.32. The summed E-state index contributed by atoms with van der Waals surface area (Å²) in [6.45, 7) is 2.16. The summed E-state index contributed by atoms with van der Waals surface area (Å²) >= 11 is 0. The second kappa shape index (κ2) is 11.1. The molecule has 8 nitrogen and oxygen atoms in total. The predicted molar refractivity (Wildman–Crippen MR) is 122 cm³/mol. The Bertz CT molecular complexity index is 879. The molecule has 2 N–H and O–H groups in total. The second-order valence-corrected chi connectivity index (χ2v) is 10.7. The largest absolute Gasteiger partial charge is 0.497 e. The Hall–Kier alpha value is -2.13. The molecule has 2 fully saturated rings. The van der Waals surface area contributed by atoms with Crippen molar-refractivity contribution in [2.24, 2.45) is 5.92 Å². The summed E-state index contributed by atoms with van der Waals surface area (Å²) in [7, 11) is -2.18. The van der Waals surface area contributed by atoms with Gasteiger partial charge in [-0.2, -0.15) is 4.31 Å². The van der Waals surface area contributed by atoms with E-state index in [1.54, 1.807) is 19.1 Å². The van der Waals surface area contributed by atoms with E-state index in [-0.39, 0.29) is 29.3 Å². The first-order valence-corrected chi connectivity index (χ1v) is 13.0. The highest BCUT2D eigenvalue weighted by Gasteiger charge is 2.34. The number of benzene rings is 1. The minimum atomic E-state index is -3.70. The Kier molecular flexibility index (Phi) is 8.53. The third-order valence-electron chi connectivity index (χ3n) is 6.41. The van der Waals surface area contributed by atoms with Crippen LogP contribution in [0.4, 0.5) is 0 Å². The quantitative estimate of drug-likeness (QED) is 0.602. The average molecular weight is 466 g/mol. The van der Waals surface area contributed by atoms with Gasteiger partial charge < -0.3 is 15.4 Å². The van der Waals surface area contributed by atoms with Gasteiger partial charge in [-0.1, -0.05) is 25.7 Å². The SMILES string of the molecule is COc1ccc(S(=O)(=O)N2CCC[C@H](C(=O)N[C@H](C)C(=O)NC3CCCCCC3)C2)cc1. The van der Waals surface area contributed by atoms with Gasteiger partial charge in [-0.3, -0.25) is 9.59 Å². The van der Waals surface area contributed by atoms with Crippen LogP contribution in [0.3, 0.4) is 0 Å². The number of carbonyl (C=O) groups is 2. The van der Waals surface area contributed by atoms with E-state index in [1.807, 2.05) is 0 Å². The van der Waals surface area contributed by atoms with Crippen molar-refractivity contribution in [3.05, 3.63) is 24.3 Å². The summed E-state index contributed by atoms with van der Waals surface area (Å²) in [5.74, 6) is -0.354. The van der Waals surface area contributed by atoms with E-state index in [1.165, 1.54) is 36.4 Å². The fourth-order valence-electron chi connectivity index (χ4n) is 4.42. The summed E-state index contributed by atoms with van der Waals surface area (Å²) in [5, 5.41) is 5.85. The molecule has 3 rings (SSSR count). The Morgan fingerprint density at radius 2 is 1.69 bits per heavy atom. The first-order chi connectivity index (χ1) is 15.3. The van der Waals surface area contributed by atoms with E-state index in [0.29, 0.717) is 25.1 Å². The van der Waals surface area contributed by atoms with Crippen molar-refractivity contribution in [3.8, 4) is 5.75 Å². The van der Waals surface area contributed by atoms with Gasteiger partial charge in [0.05, 0.1) is 17.9 Å². The molecule has 2 aliphatic rings. The van der Waals surface area contributed by atoms with E-state index < -0.39 is 22.0 Å². The summed E-state index contributed by atoms with van der Waals surface area (Å²) in [6.07, 6.45) is 7.79. The molecule has 1 saturated heterocycles. The molecule has 1 aromatic carbocycles. The zero-order valence-corrected chi connectivity index (χ0v) is 19.8. The summed E-state index contributed by atoms with van der Waals surface area (Å²) < 4.78 is 32.5. The molecule has 0 aromatic heterocycles. The van der Waals surface area contributed by atoms with Crippen molar-refractivity contribution in [1.29, 1.82) is 0 Å². The molecule has 2 amide bonds. The zero-order valence-electron chi connectivity index (χ0n) is 19.0. The normalized spacial score (nSPS) is 21.9. The maximum absolute atomic E-state index is 13.0. The lowest BCUT2D eigenvalue weighted by molar-refractivity contribution is -0.131. The van der Waals surface area contributed by atoms with Gasteiger partial charge >= 0.3 is 0 Å². The minimum absolute atomic E-state index is 0.108. The van der Waals surface area contributed by atoms with E-state index in [0.717, 1.165) is 25.7 Å². The number of hydrogen-bond acceptors (Lipinski definition) is 5. The fourth-order valence-corrected chi connectivity index (χ4v) is 5.94. The zero-order chi connectivity index (χ0) is 23.1. The van der Waals surface area contributed by atoms with Gasteiger partial charge in [0, 0.05) is 19.1 Å². The number of sulfonamides is 1. The van der Waals surface area contributed by atoms with Crippen molar-refractivity contribution in [2.45, 2.75) is 75.3 Å². The second-order valence-electron chi connectivity index (χ2n) is 8.81. The van der Waals surface area contributed by atoms with Gasteiger partial charge in [-0.05, 0) is 56.9 Å². The van der Waals surface area contributed by atoms with Crippen molar-refractivity contribution >= 4 is 21.8 Å². The van der Waals surface area contributed by atoms with Crippen LogP contribution in [0.2, 0.25) is 0 Å². The van der Waals surface area contributed by atoms with Crippen LogP contribution in [0.1, 0.15) is 58.3 Å². The molecule has 9 heteroatoms. The van der Waals surface area contributed by atoms with Crippen molar-refractivity contribution in [2.75, 3.05) is 20.2 Å². The van der Waals surface area contributed by atoms with Gasteiger partial charge in [0.15, 0.2) is 0 Å². The number of nitrogens with one attached hydrogen (secondary N) is 2. The topological polar surface area (TPSA) is 105 Å². The lowest BCUT2D eigenvalue weighted by Crippen LogP contribution is -2.52. The Morgan fingerprint density at radius 1 is 1.03 bits per heavy atom. The number of hydrogen-bond donors (Lipinski definition) is 2. The van der Waals surface area contributed by atoms with Crippen LogP contribution in [0.5, 0.6) is 5.75 Å². The highest BCUT2D eigenvalue weighted by Crippen LogP contribution is 2.25. The maximum atomic E-state index is 13.0. The number of nitrogens with zero attached hydrogens (tertiary/aromatic N) is 1. The first kappa shape index (κ1) is 24.5. The molecular formula is C23H35N3O5S. The smallest absolute Gasteiger partial charge is 0.243 e. The Morgan fingerprint density at radius 3 is 2.31 bits per heavy atom. The average Bonchev–Trinajstić information content (AvgIpc) is 3.07. The predicted octanol–water partition coefficient (Wildman–Crippen LogP) is 2.44. The van der Waals surface area contributed by atoms with Crippen molar-refractivity contribution in [1.82, 2.24) is 14.9 Å². The molecule has 0 unspecified atom stereocenters. The minimum Gasteiger partial charge on any atom is -0.497 e. The molecule has 0 radical (unpaired) electrons. The van der Waals surface area contributed by atoms with Crippen molar-refractivity contribution in [3.63, 3.8) is 0 Å². The molecule has 1 heterocycles. The molecule has 0 bridgehead atoms. The summed E-state index contributed by atoms with van der Waals surface area (Å²) in [6, 6.07) is 5.75.